The predicted octanol–water partition coefficient (Wildman–Crippen LogP) is 3.15. The Balaban J connectivity index is 2.17. The molecule has 0 aliphatic heterocycles. The van der Waals surface area contributed by atoms with Crippen LogP contribution >= 0.6 is 0 Å². The van der Waals surface area contributed by atoms with Crippen LogP contribution in [0.1, 0.15) is 30.5 Å². The first-order chi connectivity index (χ1) is 8.50. The van der Waals surface area contributed by atoms with Crippen molar-refractivity contribution >= 4 is 0 Å². The van der Waals surface area contributed by atoms with Crippen LogP contribution in [-0.2, 0) is 6.18 Å². The summed E-state index contributed by atoms with van der Waals surface area (Å²) >= 11 is 0. The number of nitrogens with zero attached hydrogens (tertiary/aromatic N) is 2. The zero-order valence-electron chi connectivity index (χ0n) is 9.50. The maximum absolute atomic E-state index is 12.5. The first kappa shape index (κ1) is 12.7. The van der Waals surface area contributed by atoms with E-state index in [-0.39, 0.29) is 11.4 Å². The molecule has 18 heavy (non-hydrogen) atoms. The van der Waals surface area contributed by atoms with Gasteiger partial charge in [-0.25, -0.2) is 4.98 Å². The largest absolute Gasteiger partial charge is 0.476 e. The van der Waals surface area contributed by atoms with Crippen LogP contribution < -0.4 is 4.74 Å². The molecule has 3 nitrogen and oxygen atoms in total. The molecule has 1 aromatic heterocycles. The molecular formula is C12H11F3N2O. The molecule has 0 N–H and O–H groups in total. The molecule has 1 aliphatic carbocycles. The maximum Gasteiger partial charge on any atom is 0.433 e. The van der Waals surface area contributed by atoms with Gasteiger partial charge in [-0.15, -0.1) is 0 Å². The van der Waals surface area contributed by atoms with Gasteiger partial charge in [0.2, 0.25) is 5.88 Å². The molecule has 96 valence electrons. The quantitative estimate of drug-likeness (QED) is 0.834. The molecule has 1 aliphatic rings. The lowest BCUT2D eigenvalue weighted by atomic mass is 9.86. The third kappa shape index (κ3) is 2.73. The molecule has 0 atom stereocenters. The Morgan fingerprint density at radius 2 is 2.11 bits per heavy atom. The van der Waals surface area contributed by atoms with Crippen molar-refractivity contribution in [2.24, 2.45) is 5.92 Å². The van der Waals surface area contributed by atoms with Gasteiger partial charge in [0.25, 0.3) is 0 Å². The number of hydrogen-bond acceptors (Lipinski definition) is 3. The van der Waals surface area contributed by atoms with E-state index in [4.69, 9.17) is 10.00 Å². The van der Waals surface area contributed by atoms with Crippen LogP contribution in [0.3, 0.4) is 0 Å². The molecule has 1 aromatic rings. The van der Waals surface area contributed by atoms with Crippen molar-refractivity contribution in [2.75, 3.05) is 6.61 Å². The molecule has 0 unspecified atom stereocenters. The van der Waals surface area contributed by atoms with Gasteiger partial charge in [-0.3, -0.25) is 0 Å². The van der Waals surface area contributed by atoms with E-state index in [1.54, 1.807) is 6.07 Å². The van der Waals surface area contributed by atoms with Crippen molar-refractivity contribution < 1.29 is 17.9 Å². The van der Waals surface area contributed by atoms with Gasteiger partial charge in [0, 0.05) is 0 Å². The summed E-state index contributed by atoms with van der Waals surface area (Å²) in [7, 11) is 0. The SMILES string of the molecule is N#Cc1ccc(C(F)(F)F)nc1OCC1CCC1. The summed E-state index contributed by atoms with van der Waals surface area (Å²) in [6, 6.07) is 3.65. The van der Waals surface area contributed by atoms with Crippen LogP contribution in [0, 0.1) is 17.2 Å². The molecule has 1 fully saturated rings. The molecular weight excluding hydrogens is 245 g/mol. The second-order valence-electron chi connectivity index (χ2n) is 4.27. The Bertz CT molecular complexity index is 475. The van der Waals surface area contributed by atoms with E-state index in [1.807, 2.05) is 0 Å². The van der Waals surface area contributed by atoms with Gasteiger partial charge >= 0.3 is 6.18 Å². The van der Waals surface area contributed by atoms with Gasteiger partial charge in [0.15, 0.2) is 0 Å². The number of ether oxygens (including phenoxy) is 1. The Labute approximate surface area is 102 Å². The van der Waals surface area contributed by atoms with Gasteiger partial charge in [0.05, 0.1) is 6.61 Å². The normalized spacial score (nSPS) is 15.9. The summed E-state index contributed by atoms with van der Waals surface area (Å²) < 4.78 is 42.7. The molecule has 1 saturated carbocycles. The first-order valence-electron chi connectivity index (χ1n) is 5.62. The highest BCUT2D eigenvalue weighted by Crippen LogP contribution is 2.31. The highest BCUT2D eigenvalue weighted by molar-refractivity contribution is 5.39. The minimum Gasteiger partial charge on any atom is -0.476 e. The Kier molecular flexibility index (Phi) is 3.41. The van der Waals surface area contributed by atoms with E-state index in [0.717, 1.165) is 31.4 Å². The van der Waals surface area contributed by atoms with Crippen LogP contribution in [0.5, 0.6) is 5.88 Å². The van der Waals surface area contributed by atoms with Gasteiger partial charge < -0.3 is 4.74 Å². The standard InChI is InChI=1S/C12H11F3N2O/c13-12(14,15)10-5-4-9(6-16)11(17-10)18-7-8-2-1-3-8/h4-5,8H,1-3,7H2. The lowest BCUT2D eigenvalue weighted by Crippen LogP contribution is -2.20. The minimum absolute atomic E-state index is 0.0299. The summed E-state index contributed by atoms with van der Waals surface area (Å²) in [5.41, 5.74) is -1.01. The fraction of sp³-hybridized carbons (Fsp3) is 0.500. The predicted molar refractivity (Wildman–Crippen MR) is 56.8 cm³/mol. The Hall–Kier alpha value is -1.77. The zero-order valence-corrected chi connectivity index (χ0v) is 9.50. The van der Waals surface area contributed by atoms with Crippen molar-refractivity contribution in [3.8, 4) is 11.9 Å². The van der Waals surface area contributed by atoms with Gasteiger partial charge in [-0.05, 0) is 30.9 Å². The highest BCUT2D eigenvalue weighted by Gasteiger charge is 2.33. The van der Waals surface area contributed by atoms with Gasteiger partial charge in [-0.1, -0.05) is 6.42 Å². The van der Waals surface area contributed by atoms with E-state index in [1.165, 1.54) is 0 Å². The molecule has 6 heteroatoms. The van der Waals surface area contributed by atoms with Crippen LogP contribution in [0.15, 0.2) is 12.1 Å². The Morgan fingerprint density at radius 1 is 1.39 bits per heavy atom. The second kappa shape index (κ2) is 4.84. The summed E-state index contributed by atoms with van der Waals surface area (Å²) in [5, 5.41) is 8.80. The number of alkyl halides is 3. The van der Waals surface area contributed by atoms with E-state index in [9.17, 15) is 13.2 Å². The zero-order chi connectivity index (χ0) is 13.2. The fourth-order valence-electron chi connectivity index (χ4n) is 1.65. The maximum atomic E-state index is 12.5. The van der Waals surface area contributed by atoms with Crippen molar-refractivity contribution in [1.29, 1.82) is 5.26 Å². The van der Waals surface area contributed by atoms with Crippen molar-refractivity contribution in [1.82, 2.24) is 4.98 Å². The molecule has 0 radical (unpaired) electrons. The van der Waals surface area contributed by atoms with Gasteiger partial charge in [0.1, 0.15) is 17.3 Å². The molecule has 2 rings (SSSR count). The van der Waals surface area contributed by atoms with Crippen molar-refractivity contribution in [3.05, 3.63) is 23.4 Å². The van der Waals surface area contributed by atoms with Crippen molar-refractivity contribution in [3.63, 3.8) is 0 Å². The van der Waals surface area contributed by atoms with Crippen LogP contribution in [0.25, 0.3) is 0 Å². The number of hydrogen-bond donors (Lipinski definition) is 0. The average molecular weight is 256 g/mol. The number of nitriles is 1. The smallest absolute Gasteiger partial charge is 0.433 e. The third-order valence-corrected chi connectivity index (χ3v) is 2.95. The van der Waals surface area contributed by atoms with Crippen LogP contribution in [-0.4, -0.2) is 11.6 Å². The first-order valence-corrected chi connectivity index (χ1v) is 5.62. The van der Waals surface area contributed by atoms with Crippen LogP contribution in [0.2, 0.25) is 0 Å². The summed E-state index contributed by atoms with van der Waals surface area (Å²) in [4.78, 5) is 3.38. The second-order valence-corrected chi connectivity index (χ2v) is 4.27. The lowest BCUT2D eigenvalue weighted by molar-refractivity contribution is -0.141. The third-order valence-electron chi connectivity index (χ3n) is 2.95. The van der Waals surface area contributed by atoms with Crippen LogP contribution in [0.4, 0.5) is 13.2 Å². The monoisotopic (exact) mass is 256 g/mol. The summed E-state index contributed by atoms with van der Waals surface area (Å²) in [6.07, 6.45) is -1.38. The Morgan fingerprint density at radius 3 is 2.61 bits per heavy atom. The number of halogens is 3. The summed E-state index contributed by atoms with van der Waals surface area (Å²) in [6.45, 7) is 0.322. The van der Waals surface area contributed by atoms with E-state index >= 15 is 0 Å². The van der Waals surface area contributed by atoms with E-state index < -0.39 is 11.9 Å². The number of aromatic nitrogens is 1. The molecule has 0 saturated heterocycles. The highest BCUT2D eigenvalue weighted by atomic mass is 19.4. The van der Waals surface area contributed by atoms with Gasteiger partial charge in [-0.2, -0.15) is 18.4 Å². The minimum atomic E-state index is -4.53. The van der Waals surface area contributed by atoms with E-state index in [0.29, 0.717) is 12.5 Å². The fourth-order valence-corrected chi connectivity index (χ4v) is 1.65. The lowest BCUT2D eigenvalue weighted by Gasteiger charge is -2.25. The topological polar surface area (TPSA) is 45.9 Å². The summed E-state index contributed by atoms with van der Waals surface area (Å²) in [5.74, 6) is 0.145. The molecule has 0 aromatic carbocycles. The molecule has 0 bridgehead atoms. The average Bonchev–Trinajstić information content (AvgIpc) is 2.25. The van der Waals surface area contributed by atoms with Crippen molar-refractivity contribution in [2.45, 2.75) is 25.4 Å². The molecule has 0 amide bonds. The van der Waals surface area contributed by atoms with E-state index in [2.05, 4.69) is 4.98 Å². The molecule has 0 spiro atoms. The molecule has 1 heterocycles. The number of pyridine rings is 1. The number of rotatable bonds is 3.